The fourth-order valence-corrected chi connectivity index (χ4v) is 4.06. The Labute approximate surface area is 133 Å². The Bertz CT molecular complexity index is 568. The summed E-state index contributed by atoms with van der Waals surface area (Å²) in [5.74, 6) is 0. The largest absolute Gasteiger partial charge is 0.309 e. The van der Waals surface area contributed by atoms with Crippen molar-refractivity contribution in [2.75, 3.05) is 7.05 Å². The van der Waals surface area contributed by atoms with Crippen molar-refractivity contribution >= 4 is 54.8 Å². The van der Waals surface area contributed by atoms with Crippen LogP contribution in [0.1, 0.15) is 22.0 Å². The molecule has 0 saturated heterocycles. The normalized spacial score (nSPS) is 12.7. The summed E-state index contributed by atoms with van der Waals surface area (Å²) in [4.78, 5) is 1.21. The van der Waals surface area contributed by atoms with E-state index in [9.17, 15) is 0 Å². The van der Waals surface area contributed by atoms with E-state index in [0.29, 0.717) is 0 Å². The minimum atomic E-state index is 0.147. The monoisotopic (exact) mass is 407 g/mol. The van der Waals surface area contributed by atoms with Crippen LogP contribution in [0.2, 0.25) is 4.34 Å². The smallest absolute Gasteiger partial charge is 0.0931 e. The van der Waals surface area contributed by atoms with Crippen molar-refractivity contribution in [1.29, 1.82) is 0 Å². The maximum Gasteiger partial charge on any atom is 0.0931 e. The zero-order valence-corrected chi connectivity index (χ0v) is 14.7. The van der Waals surface area contributed by atoms with Gasteiger partial charge in [0.2, 0.25) is 0 Å². The lowest BCUT2D eigenvalue weighted by Crippen LogP contribution is -2.17. The second-order valence-electron chi connectivity index (χ2n) is 3.99. The van der Waals surface area contributed by atoms with Gasteiger partial charge in [-0.2, -0.15) is 0 Å². The Morgan fingerprint density at radius 1 is 1.22 bits per heavy atom. The maximum atomic E-state index is 6.01. The zero-order valence-electron chi connectivity index (χ0n) is 9.93. The summed E-state index contributed by atoms with van der Waals surface area (Å²) in [5, 5.41) is 3.34. The van der Waals surface area contributed by atoms with Crippen LogP contribution in [0.4, 0.5) is 0 Å². The van der Waals surface area contributed by atoms with Crippen LogP contribution in [0.15, 0.2) is 33.2 Å². The number of halogens is 3. The maximum absolute atomic E-state index is 6.01. The molecule has 0 aliphatic heterocycles. The number of rotatable bonds is 3. The minimum absolute atomic E-state index is 0.147. The summed E-state index contributed by atoms with van der Waals surface area (Å²) >= 11 is 14.8. The Kier molecular flexibility index (Phi) is 4.89. The van der Waals surface area contributed by atoms with E-state index >= 15 is 0 Å². The summed E-state index contributed by atoms with van der Waals surface area (Å²) < 4.78 is 3.03. The molecular weight excluding hydrogens is 397 g/mol. The van der Waals surface area contributed by atoms with Crippen molar-refractivity contribution in [2.45, 2.75) is 13.0 Å². The highest BCUT2D eigenvalue weighted by atomic mass is 79.9. The van der Waals surface area contributed by atoms with Crippen LogP contribution in [0.5, 0.6) is 0 Å². The summed E-state index contributed by atoms with van der Waals surface area (Å²) in [5.41, 5.74) is 2.41. The van der Waals surface area contributed by atoms with Crippen LogP contribution in [-0.4, -0.2) is 7.05 Å². The highest BCUT2D eigenvalue weighted by Crippen LogP contribution is 2.36. The fraction of sp³-hybridized carbons (Fsp3) is 0.231. The molecule has 96 valence electrons. The number of thiophene rings is 1. The molecule has 0 aliphatic carbocycles. The molecule has 1 aromatic heterocycles. The highest BCUT2D eigenvalue weighted by molar-refractivity contribution is 9.11. The molecule has 2 rings (SSSR count). The van der Waals surface area contributed by atoms with E-state index in [1.807, 2.05) is 13.1 Å². The van der Waals surface area contributed by atoms with Crippen LogP contribution in [-0.2, 0) is 0 Å². The second-order valence-corrected chi connectivity index (χ2v) is 7.44. The number of nitrogens with one attached hydrogen (secondary N) is 1. The summed E-state index contributed by atoms with van der Waals surface area (Å²) in [6.45, 7) is 2.08. The number of hydrogen-bond acceptors (Lipinski definition) is 2. The fourth-order valence-electron chi connectivity index (χ4n) is 1.82. The first-order valence-corrected chi connectivity index (χ1v) is 8.19. The molecule has 5 heteroatoms. The van der Waals surface area contributed by atoms with Crippen molar-refractivity contribution < 1.29 is 0 Å². The van der Waals surface area contributed by atoms with Crippen LogP contribution in [0.25, 0.3) is 0 Å². The topological polar surface area (TPSA) is 12.0 Å². The minimum Gasteiger partial charge on any atom is -0.309 e. The lowest BCUT2D eigenvalue weighted by Gasteiger charge is -2.18. The van der Waals surface area contributed by atoms with Crippen molar-refractivity contribution in [1.82, 2.24) is 5.32 Å². The molecule has 1 heterocycles. The molecular formula is C13H12Br2ClNS. The van der Waals surface area contributed by atoms with Gasteiger partial charge < -0.3 is 5.32 Å². The third-order valence-electron chi connectivity index (χ3n) is 2.76. The zero-order chi connectivity index (χ0) is 13.3. The molecule has 0 fully saturated rings. The van der Waals surface area contributed by atoms with Crippen molar-refractivity contribution in [2.24, 2.45) is 0 Å². The van der Waals surface area contributed by atoms with Gasteiger partial charge in [0.1, 0.15) is 0 Å². The standard InChI is InChI=1S/C13H12Br2ClNS/c1-7-5-10(15)8(6-9(7)14)13(17-2)11-3-4-12(16)18-11/h3-6,13,17H,1-2H3. The molecule has 1 nitrogen and oxygen atoms in total. The van der Waals surface area contributed by atoms with E-state index in [0.717, 1.165) is 13.3 Å². The van der Waals surface area contributed by atoms with Gasteiger partial charge in [-0.3, -0.25) is 0 Å². The highest BCUT2D eigenvalue weighted by Gasteiger charge is 2.18. The number of benzene rings is 1. The lowest BCUT2D eigenvalue weighted by atomic mass is 10.0. The van der Waals surface area contributed by atoms with Gasteiger partial charge in [-0.25, -0.2) is 0 Å². The van der Waals surface area contributed by atoms with Gasteiger partial charge in [0.05, 0.1) is 10.4 Å². The molecule has 0 amide bonds. The van der Waals surface area contributed by atoms with Gasteiger partial charge in [-0.15, -0.1) is 11.3 Å². The summed E-state index contributed by atoms with van der Waals surface area (Å²) in [7, 11) is 1.96. The molecule has 1 unspecified atom stereocenters. The third kappa shape index (κ3) is 2.99. The van der Waals surface area contributed by atoms with Crippen molar-refractivity contribution in [3.05, 3.63) is 53.6 Å². The Hall–Kier alpha value is 0.130. The SMILES string of the molecule is CNC(c1ccc(Cl)s1)c1cc(Br)c(C)cc1Br. The lowest BCUT2D eigenvalue weighted by molar-refractivity contribution is 0.700. The third-order valence-corrected chi connectivity index (χ3v) is 5.59. The van der Waals surface area contributed by atoms with E-state index in [4.69, 9.17) is 11.6 Å². The first-order chi connectivity index (χ1) is 8.52. The predicted molar refractivity (Wildman–Crippen MR) is 86.8 cm³/mol. The van der Waals surface area contributed by atoms with Crippen LogP contribution < -0.4 is 5.32 Å². The van der Waals surface area contributed by atoms with Gasteiger partial charge >= 0.3 is 0 Å². The molecule has 0 radical (unpaired) electrons. The van der Waals surface area contributed by atoms with Crippen molar-refractivity contribution in [3.8, 4) is 0 Å². The molecule has 18 heavy (non-hydrogen) atoms. The molecule has 2 aromatic rings. The van der Waals surface area contributed by atoms with E-state index in [1.54, 1.807) is 11.3 Å². The predicted octanol–water partition coefficient (Wildman–Crippen LogP) is 5.54. The number of hydrogen-bond donors (Lipinski definition) is 1. The molecule has 1 aromatic carbocycles. The van der Waals surface area contributed by atoms with Gasteiger partial charge in [0, 0.05) is 13.8 Å². The van der Waals surface area contributed by atoms with Gasteiger partial charge in [-0.1, -0.05) is 43.5 Å². The molecule has 1 atom stereocenters. The van der Waals surface area contributed by atoms with Crippen molar-refractivity contribution in [3.63, 3.8) is 0 Å². The van der Waals surface area contributed by atoms with Gasteiger partial charge in [-0.05, 0) is 49.4 Å². The average Bonchev–Trinajstić information content (AvgIpc) is 2.73. The average molecular weight is 410 g/mol. The Morgan fingerprint density at radius 3 is 2.50 bits per heavy atom. The Balaban J connectivity index is 2.48. The molecule has 0 spiro atoms. The van der Waals surface area contributed by atoms with Gasteiger partial charge in [0.15, 0.2) is 0 Å². The van der Waals surface area contributed by atoms with E-state index in [-0.39, 0.29) is 6.04 Å². The first kappa shape index (κ1) is 14.5. The van der Waals surface area contributed by atoms with E-state index < -0.39 is 0 Å². The Morgan fingerprint density at radius 2 is 1.94 bits per heavy atom. The molecule has 0 saturated carbocycles. The summed E-state index contributed by atoms with van der Waals surface area (Å²) in [6, 6.07) is 8.42. The van der Waals surface area contributed by atoms with Crippen LogP contribution >= 0.6 is 54.8 Å². The molecule has 0 bridgehead atoms. The van der Waals surface area contributed by atoms with E-state index in [2.05, 4.69) is 62.3 Å². The first-order valence-electron chi connectivity index (χ1n) is 5.41. The van der Waals surface area contributed by atoms with Crippen LogP contribution in [0, 0.1) is 6.92 Å². The van der Waals surface area contributed by atoms with Gasteiger partial charge in [0.25, 0.3) is 0 Å². The quantitative estimate of drug-likeness (QED) is 0.701. The number of aryl methyl sites for hydroxylation is 1. The molecule has 0 aliphatic rings. The summed E-state index contributed by atoms with van der Waals surface area (Å²) in [6.07, 6.45) is 0. The second kappa shape index (κ2) is 6.06. The molecule has 1 N–H and O–H groups in total. The van der Waals surface area contributed by atoms with E-state index in [1.165, 1.54) is 16.0 Å². The van der Waals surface area contributed by atoms with Crippen LogP contribution in [0.3, 0.4) is 0 Å².